The maximum absolute atomic E-state index is 13.0. The molecule has 2 aromatic carbocycles. The summed E-state index contributed by atoms with van der Waals surface area (Å²) in [7, 11) is 0.850. The third-order valence-electron chi connectivity index (χ3n) is 4.70. The highest BCUT2D eigenvalue weighted by Crippen LogP contribution is 2.32. The normalized spacial score (nSPS) is 14.3. The van der Waals surface area contributed by atoms with Crippen LogP contribution in [0, 0.1) is 0 Å². The second-order valence-corrected chi connectivity index (χ2v) is 8.17. The van der Waals surface area contributed by atoms with E-state index < -0.39 is 10.0 Å². The molecule has 3 rings (SSSR count). The molecule has 140 valence electrons. The number of ether oxygens (including phenoxy) is 2. The SMILES string of the molecule is COc1ccc(S(=O)(=O)N(C)c2ccc(N3CCCC3)cc2)cc1OC. The van der Waals surface area contributed by atoms with Gasteiger partial charge in [-0.05, 0) is 49.2 Å². The van der Waals surface area contributed by atoms with E-state index in [4.69, 9.17) is 9.47 Å². The van der Waals surface area contributed by atoms with Gasteiger partial charge in [0.1, 0.15) is 0 Å². The lowest BCUT2D eigenvalue weighted by molar-refractivity contribution is 0.354. The van der Waals surface area contributed by atoms with Crippen molar-refractivity contribution in [3.8, 4) is 11.5 Å². The summed E-state index contributed by atoms with van der Waals surface area (Å²) in [5.74, 6) is 0.871. The van der Waals surface area contributed by atoms with Gasteiger partial charge in [0.15, 0.2) is 11.5 Å². The van der Waals surface area contributed by atoms with Crippen molar-refractivity contribution in [2.24, 2.45) is 0 Å². The van der Waals surface area contributed by atoms with Crippen LogP contribution in [0.5, 0.6) is 11.5 Å². The summed E-state index contributed by atoms with van der Waals surface area (Å²) in [6.45, 7) is 2.11. The molecule has 0 spiro atoms. The third kappa shape index (κ3) is 3.44. The van der Waals surface area contributed by atoms with Crippen molar-refractivity contribution in [2.45, 2.75) is 17.7 Å². The highest BCUT2D eigenvalue weighted by Gasteiger charge is 2.23. The maximum atomic E-state index is 13.0. The minimum absolute atomic E-state index is 0.154. The monoisotopic (exact) mass is 376 g/mol. The largest absolute Gasteiger partial charge is 0.493 e. The number of hydrogen-bond donors (Lipinski definition) is 0. The molecule has 1 aliphatic heterocycles. The zero-order chi connectivity index (χ0) is 18.7. The van der Waals surface area contributed by atoms with Gasteiger partial charge in [-0.25, -0.2) is 8.42 Å². The molecular weight excluding hydrogens is 352 g/mol. The van der Waals surface area contributed by atoms with Crippen molar-refractivity contribution in [2.75, 3.05) is 43.6 Å². The maximum Gasteiger partial charge on any atom is 0.264 e. The Morgan fingerprint density at radius 3 is 2.12 bits per heavy atom. The molecular formula is C19H24N2O4S. The number of sulfonamides is 1. The van der Waals surface area contributed by atoms with Crippen LogP contribution >= 0.6 is 0 Å². The Morgan fingerprint density at radius 2 is 1.54 bits per heavy atom. The number of rotatable bonds is 6. The van der Waals surface area contributed by atoms with Crippen LogP contribution in [0.1, 0.15) is 12.8 Å². The van der Waals surface area contributed by atoms with E-state index >= 15 is 0 Å². The first kappa shape index (κ1) is 18.4. The number of nitrogens with zero attached hydrogens (tertiary/aromatic N) is 2. The fourth-order valence-electron chi connectivity index (χ4n) is 3.12. The Kier molecular flexibility index (Phi) is 5.27. The Bertz CT molecular complexity index is 860. The zero-order valence-corrected chi connectivity index (χ0v) is 16.1. The van der Waals surface area contributed by atoms with Gasteiger partial charge in [-0.2, -0.15) is 0 Å². The van der Waals surface area contributed by atoms with Gasteiger partial charge in [0.05, 0.1) is 24.8 Å². The number of benzene rings is 2. The molecule has 1 saturated heterocycles. The first-order chi connectivity index (χ1) is 12.5. The van der Waals surface area contributed by atoms with Gasteiger partial charge < -0.3 is 14.4 Å². The average molecular weight is 376 g/mol. The number of hydrogen-bond acceptors (Lipinski definition) is 5. The van der Waals surface area contributed by atoms with E-state index in [2.05, 4.69) is 4.90 Å². The van der Waals surface area contributed by atoms with E-state index in [0.29, 0.717) is 17.2 Å². The summed E-state index contributed by atoms with van der Waals surface area (Å²) in [4.78, 5) is 2.47. The van der Waals surface area contributed by atoms with Gasteiger partial charge in [-0.3, -0.25) is 4.31 Å². The minimum atomic E-state index is -3.70. The molecule has 1 fully saturated rings. The first-order valence-electron chi connectivity index (χ1n) is 8.53. The molecule has 1 heterocycles. The van der Waals surface area contributed by atoms with Crippen molar-refractivity contribution in [1.82, 2.24) is 0 Å². The lowest BCUT2D eigenvalue weighted by atomic mass is 10.2. The molecule has 0 unspecified atom stereocenters. The second kappa shape index (κ2) is 7.45. The van der Waals surface area contributed by atoms with Crippen LogP contribution in [0.2, 0.25) is 0 Å². The summed E-state index contributed by atoms with van der Waals surface area (Å²) in [6.07, 6.45) is 2.41. The number of anilines is 2. The summed E-state index contributed by atoms with van der Waals surface area (Å²) in [5.41, 5.74) is 1.74. The van der Waals surface area contributed by atoms with Crippen molar-refractivity contribution in [3.63, 3.8) is 0 Å². The average Bonchev–Trinajstić information content (AvgIpc) is 3.21. The number of methoxy groups -OCH3 is 2. The summed E-state index contributed by atoms with van der Waals surface area (Å²) < 4.78 is 37.6. The van der Waals surface area contributed by atoms with Gasteiger partial charge >= 0.3 is 0 Å². The van der Waals surface area contributed by atoms with Gasteiger partial charge in [0.25, 0.3) is 10.0 Å². The van der Waals surface area contributed by atoms with Gasteiger partial charge in [-0.15, -0.1) is 0 Å². The van der Waals surface area contributed by atoms with Gasteiger partial charge in [-0.1, -0.05) is 0 Å². The highest BCUT2D eigenvalue weighted by atomic mass is 32.2. The van der Waals surface area contributed by atoms with E-state index in [9.17, 15) is 8.42 Å². The molecule has 0 aromatic heterocycles. The molecule has 0 atom stereocenters. The third-order valence-corrected chi connectivity index (χ3v) is 6.48. The molecule has 0 aliphatic carbocycles. The molecule has 0 bridgehead atoms. The first-order valence-corrected chi connectivity index (χ1v) is 9.97. The van der Waals surface area contributed by atoms with Crippen LogP contribution in [0.25, 0.3) is 0 Å². The second-order valence-electron chi connectivity index (χ2n) is 6.20. The summed E-state index contributed by atoms with van der Waals surface area (Å²) >= 11 is 0. The predicted molar refractivity (Wildman–Crippen MR) is 103 cm³/mol. The van der Waals surface area contributed by atoms with Crippen molar-refractivity contribution >= 4 is 21.4 Å². The summed E-state index contributed by atoms with van der Waals surface area (Å²) in [6, 6.07) is 12.2. The Labute approximate surface area is 155 Å². The quantitative estimate of drug-likeness (QED) is 0.775. The molecule has 0 saturated carbocycles. The van der Waals surface area contributed by atoms with Crippen LogP contribution in [0.15, 0.2) is 47.4 Å². The predicted octanol–water partition coefficient (Wildman–Crippen LogP) is 3.13. The Hall–Kier alpha value is -2.41. The van der Waals surface area contributed by atoms with Crippen molar-refractivity contribution < 1.29 is 17.9 Å². The summed E-state index contributed by atoms with van der Waals surface area (Å²) in [5, 5.41) is 0. The molecule has 26 heavy (non-hydrogen) atoms. The van der Waals surface area contributed by atoms with Crippen LogP contribution in [0.3, 0.4) is 0 Å². The fourth-order valence-corrected chi connectivity index (χ4v) is 4.33. The van der Waals surface area contributed by atoms with Crippen LogP contribution in [-0.2, 0) is 10.0 Å². The van der Waals surface area contributed by atoms with E-state index in [-0.39, 0.29) is 4.90 Å². The van der Waals surface area contributed by atoms with Gasteiger partial charge in [0, 0.05) is 31.9 Å². The van der Waals surface area contributed by atoms with E-state index in [1.165, 1.54) is 43.5 Å². The Morgan fingerprint density at radius 1 is 0.923 bits per heavy atom. The van der Waals surface area contributed by atoms with Crippen molar-refractivity contribution in [1.29, 1.82) is 0 Å². The van der Waals surface area contributed by atoms with Crippen LogP contribution < -0.4 is 18.7 Å². The zero-order valence-electron chi connectivity index (χ0n) is 15.3. The lowest BCUT2D eigenvalue weighted by Gasteiger charge is -2.22. The molecule has 7 heteroatoms. The molecule has 1 aliphatic rings. The highest BCUT2D eigenvalue weighted by molar-refractivity contribution is 7.92. The smallest absolute Gasteiger partial charge is 0.264 e. The minimum Gasteiger partial charge on any atom is -0.493 e. The van der Waals surface area contributed by atoms with E-state index in [1.54, 1.807) is 13.1 Å². The lowest BCUT2D eigenvalue weighted by Crippen LogP contribution is -2.26. The topological polar surface area (TPSA) is 59.1 Å². The molecule has 0 N–H and O–H groups in total. The van der Waals surface area contributed by atoms with E-state index in [0.717, 1.165) is 18.8 Å². The van der Waals surface area contributed by atoms with Crippen LogP contribution in [0.4, 0.5) is 11.4 Å². The van der Waals surface area contributed by atoms with Crippen molar-refractivity contribution in [3.05, 3.63) is 42.5 Å². The van der Waals surface area contributed by atoms with Crippen LogP contribution in [-0.4, -0.2) is 42.8 Å². The van der Waals surface area contributed by atoms with E-state index in [1.807, 2.05) is 24.3 Å². The standard InChI is InChI=1S/C19H24N2O4S/c1-20(15-6-8-16(9-7-15)21-12-4-5-13-21)26(22,23)17-10-11-18(24-2)19(14-17)25-3/h6-11,14H,4-5,12-13H2,1-3H3. The molecule has 6 nitrogen and oxygen atoms in total. The fraction of sp³-hybridized carbons (Fsp3) is 0.368. The Balaban J connectivity index is 1.86. The molecule has 2 aromatic rings. The molecule has 0 amide bonds. The van der Waals surface area contributed by atoms with Gasteiger partial charge in [0.2, 0.25) is 0 Å². The molecule has 0 radical (unpaired) electrons.